The van der Waals surface area contributed by atoms with Crippen LogP contribution in [0.1, 0.15) is 0 Å². The van der Waals surface area contributed by atoms with Gasteiger partial charge in [-0.2, -0.15) is 5.26 Å². The summed E-state index contributed by atoms with van der Waals surface area (Å²) in [5.74, 6) is -0.504. The molecule has 1 fully saturated rings. The molecule has 1 aliphatic heterocycles. The first-order valence-corrected chi connectivity index (χ1v) is 6.78. The van der Waals surface area contributed by atoms with Gasteiger partial charge in [0.25, 0.3) is 5.91 Å². The topological polar surface area (TPSA) is 96.7 Å². The molecular weight excluding hydrogens is 284 g/mol. The number of phenolic OH excluding ortho intramolecular Hbond substituents is 1. The van der Waals surface area contributed by atoms with Gasteiger partial charge in [0.15, 0.2) is 0 Å². The lowest BCUT2D eigenvalue weighted by Gasteiger charge is -2.31. The van der Waals surface area contributed by atoms with Gasteiger partial charge in [0.05, 0.1) is 0 Å². The maximum Gasteiger partial charge on any atom is 0.267 e. The molecule has 1 heterocycles. The SMILES string of the molecule is N#C/C(=C/N1CCN(C=O)CC1)C(=O)Nc1cccc(O)c1. The average Bonchev–Trinajstić information content (AvgIpc) is 2.53. The average molecular weight is 300 g/mol. The first-order valence-electron chi connectivity index (χ1n) is 6.78. The van der Waals surface area contributed by atoms with Crippen molar-refractivity contribution in [2.45, 2.75) is 0 Å². The third-order valence-corrected chi connectivity index (χ3v) is 3.28. The van der Waals surface area contributed by atoms with Crippen LogP contribution in [0, 0.1) is 11.3 Å². The van der Waals surface area contributed by atoms with E-state index < -0.39 is 5.91 Å². The second kappa shape index (κ2) is 7.13. The normalized spacial score (nSPS) is 15.1. The monoisotopic (exact) mass is 300 g/mol. The number of amides is 2. The second-order valence-corrected chi connectivity index (χ2v) is 4.84. The summed E-state index contributed by atoms with van der Waals surface area (Å²) in [5, 5.41) is 21.1. The highest BCUT2D eigenvalue weighted by molar-refractivity contribution is 6.06. The molecule has 0 aliphatic carbocycles. The van der Waals surface area contributed by atoms with Crippen molar-refractivity contribution in [3.63, 3.8) is 0 Å². The summed E-state index contributed by atoms with van der Waals surface area (Å²) in [4.78, 5) is 26.2. The number of anilines is 1. The number of nitrogens with one attached hydrogen (secondary N) is 1. The number of piperazine rings is 1. The van der Waals surface area contributed by atoms with Crippen molar-refractivity contribution in [1.82, 2.24) is 9.80 Å². The molecule has 0 saturated carbocycles. The smallest absolute Gasteiger partial charge is 0.267 e. The van der Waals surface area contributed by atoms with Crippen LogP contribution in [0.5, 0.6) is 5.75 Å². The molecule has 0 aromatic heterocycles. The van der Waals surface area contributed by atoms with Gasteiger partial charge in [-0.3, -0.25) is 9.59 Å². The van der Waals surface area contributed by atoms with Gasteiger partial charge in [0, 0.05) is 44.1 Å². The van der Waals surface area contributed by atoms with E-state index in [9.17, 15) is 14.7 Å². The highest BCUT2D eigenvalue weighted by Crippen LogP contribution is 2.16. The van der Waals surface area contributed by atoms with E-state index in [0.717, 1.165) is 6.41 Å². The summed E-state index contributed by atoms with van der Waals surface area (Å²) in [6.45, 7) is 2.27. The fourth-order valence-electron chi connectivity index (χ4n) is 2.07. The first-order chi connectivity index (χ1) is 10.6. The summed E-state index contributed by atoms with van der Waals surface area (Å²) >= 11 is 0. The number of phenols is 1. The fourth-order valence-corrected chi connectivity index (χ4v) is 2.07. The minimum absolute atomic E-state index is 0.0251. The van der Waals surface area contributed by atoms with Crippen molar-refractivity contribution < 1.29 is 14.7 Å². The Bertz CT molecular complexity index is 628. The number of rotatable bonds is 4. The maximum absolute atomic E-state index is 12.1. The highest BCUT2D eigenvalue weighted by Gasteiger charge is 2.16. The van der Waals surface area contributed by atoms with Crippen molar-refractivity contribution in [2.75, 3.05) is 31.5 Å². The van der Waals surface area contributed by atoms with Crippen LogP contribution >= 0.6 is 0 Å². The van der Waals surface area contributed by atoms with Crippen molar-refractivity contribution >= 4 is 18.0 Å². The minimum Gasteiger partial charge on any atom is -0.508 e. The minimum atomic E-state index is -0.536. The number of benzene rings is 1. The van der Waals surface area contributed by atoms with Crippen LogP contribution in [-0.2, 0) is 9.59 Å². The van der Waals surface area contributed by atoms with Crippen LogP contribution in [0.25, 0.3) is 0 Å². The van der Waals surface area contributed by atoms with Crippen LogP contribution in [-0.4, -0.2) is 53.4 Å². The number of nitriles is 1. The summed E-state index contributed by atoms with van der Waals surface area (Å²) in [6.07, 6.45) is 2.29. The van der Waals surface area contributed by atoms with Gasteiger partial charge in [-0.1, -0.05) is 6.07 Å². The highest BCUT2D eigenvalue weighted by atomic mass is 16.3. The van der Waals surface area contributed by atoms with Crippen molar-refractivity contribution in [1.29, 1.82) is 5.26 Å². The van der Waals surface area contributed by atoms with E-state index in [1.807, 2.05) is 11.0 Å². The Balaban J connectivity index is 2.01. The van der Waals surface area contributed by atoms with Crippen LogP contribution in [0.15, 0.2) is 36.0 Å². The maximum atomic E-state index is 12.1. The van der Waals surface area contributed by atoms with Crippen molar-refractivity contribution in [2.24, 2.45) is 0 Å². The van der Waals surface area contributed by atoms with E-state index in [-0.39, 0.29) is 11.3 Å². The van der Waals surface area contributed by atoms with Gasteiger partial charge < -0.3 is 20.2 Å². The third-order valence-electron chi connectivity index (χ3n) is 3.28. The van der Waals surface area contributed by atoms with Crippen molar-refractivity contribution in [3.8, 4) is 11.8 Å². The molecule has 0 spiro atoms. The number of hydrogen-bond acceptors (Lipinski definition) is 5. The van der Waals surface area contributed by atoms with E-state index in [4.69, 9.17) is 5.26 Å². The Hall–Kier alpha value is -3.01. The Morgan fingerprint density at radius 2 is 1.95 bits per heavy atom. The van der Waals surface area contributed by atoms with Crippen LogP contribution in [0.2, 0.25) is 0 Å². The number of nitrogens with zero attached hydrogens (tertiary/aromatic N) is 3. The predicted octanol–water partition coefficient (Wildman–Crippen LogP) is 0.512. The summed E-state index contributed by atoms with van der Waals surface area (Å²) in [7, 11) is 0. The van der Waals surface area contributed by atoms with Gasteiger partial charge >= 0.3 is 0 Å². The summed E-state index contributed by atoms with van der Waals surface area (Å²) in [5.41, 5.74) is 0.389. The predicted molar refractivity (Wildman–Crippen MR) is 79.6 cm³/mol. The lowest BCUT2D eigenvalue weighted by atomic mass is 10.2. The van der Waals surface area contributed by atoms with Gasteiger partial charge in [-0.15, -0.1) is 0 Å². The quantitative estimate of drug-likeness (QED) is 0.480. The molecule has 114 valence electrons. The molecule has 2 N–H and O–H groups in total. The van der Waals surface area contributed by atoms with Gasteiger partial charge in [-0.25, -0.2) is 0 Å². The molecule has 2 amide bonds. The molecule has 1 aromatic rings. The number of aromatic hydroxyl groups is 1. The van der Waals surface area contributed by atoms with E-state index >= 15 is 0 Å². The Labute approximate surface area is 128 Å². The van der Waals surface area contributed by atoms with E-state index in [1.54, 1.807) is 17.0 Å². The zero-order valence-electron chi connectivity index (χ0n) is 11.9. The first kappa shape index (κ1) is 15.4. The Kier molecular flexibility index (Phi) is 4.98. The molecule has 2 rings (SSSR count). The second-order valence-electron chi connectivity index (χ2n) is 4.84. The molecule has 1 aliphatic rings. The number of carbonyl (C=O) groups is 2. The Morgan fingerprint density at radius 1 is 1.27 bits per heavy atom. The summed E-state index contributed by atoms with van der Waals surface area (Å²) in [6, 6.07) is 7.98. The summed E-state index contributed by atoms with van der Waals surface area (Å²) < 4.78 is 0. The number of carbonyl (C=O) groups excluding carboxylic acids is 2. The van der Waals surface area contributed by atoms with Crippen molar-refractivity contribution in [3.05, 3.63) is 36.0 Å². The molecular formula is C15H16N4O3. The molecule has 0 unspecified atom stereocenters. The van der Waals surface area contributed by atoms with Gasteiger partial charge in [0.2, 0.25) is 6.41 Å². The molecule has 1 saturated heterocycles. The standard InChI is InChI=1S/C15H16N4O3/c16-9-12(10-18-4-6-19(11-20)7-5-18)15(22)17-13-2-1-3-14(21)8-13/h1-3,8,10-11,21H,4-7H2,(H,17,22)/b12-10-. The molecule has 0 radical (unpaired) electrons. The molecule has 22 heavy (non-hydrogen) atoms. The molecule has 7 heteroatoms. The lowest BCUT2D eigenvalue weighted by Crippen LogP contribution is -2.43. The third kappa shape index (κ3) is 3.99. The van der Waals surface area contributed by atoms with Gasteiger partial charge in [0.1, 0.15) is 17.4 Å². The fraction of sp³-hybridized carbons (Fsp3) is 0.267. The van der Waals surface area contributed by atoms with E-state index in [0.29, 0.717) is 31.9 Å². The zero-order valence-corrected chi connectivity index (χ0v) is 11.9. The molecule has 7 nitrogen and oxygen atoms in total. The van der Waals surface area contributed by atoms with Gasteiger partial charge in [-0.05, 0) is 12.1 Å². The van der Waals surface area contributed by atoms with Crippen LogP contribution < -0.4 is 5.32 Å². The van der Waals surface area contributed by atoms with E-state index in [2.05, 4.69) is 5.32 Å². The lowest BCUT2D eigenvalue weighted by molar-refractivity contribution is -0.119. The molecule has 1 aromatic carbocycles. The van der Waals surface area contributed by atoms with Crippen LogP contribution in [0.3, 0.4) is 0 Å². The van der Waals surface area contributed by atoms with E-state index in [1.165, 1.54) is 18.3 Å². The molecule has 0 atom stereocenters. The molecule has 0 bridgehead atoms. The number of hydrogen-bond donors (Lipinski definition) is 2. The van der Waals surface area contributed by atoms with Crippen LogP contribution in [0.4, 0.5) is 5.69 Å². The zero-order chi connectivity index (χ0) is 15.9. The Morgan fingerprint density at radius 3 is 2.55 bits per heavy atom. The largest absolute Gasteiger partial charge is 0.508 e.